The van der Waals surface area contributed by atoms with Gasteiger partial charge in [-0.3, -0.25) is 9.67 Å². The van der Waals surface area contributed by atoms with Crippen molar-refractivity contribution in [3.8, 4) is 0 Å². The molecule has 0 aliphatic carbocycles. The summed E-state index contributed by atoms with van der Waals surface area (Å²) in [6.45, 7) is 0.894. The van der Waals surface area contributed by atoms with Gasteiger partial charge >= 0.3 is 0 Å². The third kappa shape index (κ3) is 2.77. The van der Waals surface area contributed by atoms with Crippen molar-refractivity contribution in [3.63, 3.8) is 0 Å². The topological polar surface area (TPSA) is 42.7 Å². The molecule has 21 heavy (non-hydrogen) atoms. The first kappa shape index (κ1) is 14.0. The molecule has 0 spiro atoms. The molecule has 0 radical (unpaired) electrons. The third-order valence-corrected chi connectivity index (χ3v) is 3.88. The minimum absolute atomic E-state index is 0.114. The first-order valence-electron chi connectivity index (χ1n) is 6.98. The normalized spacial score (nSPS) is 12.7. The van der Waals surface area contributed by atoms with E-state index in [0.29, 0.717) is 5.15 Å². The lowest BCUT2D eigenvalue weighted by atomic mass is 10.1. The van der Waals surface area contributed by atoms with Crippen molar-refractivity contribution in [2.45, 2.75) is 12.5 Å². The van der Waals surface area contributed by atoms with E-state index in [1.54, 1.807) is 6.20 Å². The number of benzene rings is 1. The first-order chi connectivity index (χ1) is 10.3. The van der Waals surface area contributed by atoms with Crippen molar-refractivity contribution >= 4 is 22.5 Å². The summed E-state index contributed by atoms with van der Waals surface area (Å²) in [6.07, 6.45) is 4.60. The molecule has 0 amide bonds. The van der Waals surface area contributed by atoms with Gasteiger partial charge < -0.3 is 5.32 Å². The van der Waals surface area contributed by atoms with Gasteiger partial charge in [0.2, 0.25) is 0 Å². The molecule has 1 N–H and O–H groups in total. The Kier molecular flexibility index (Phi) is 4.18. The lowest BCUT2D eigenvalue weighted by molar-refractivity contribution is 0.493. The predicted octanol–water partition coefficient (Wildman–Crippen LogP) is 3.28. The highest BCUT2D eigenvalue weighted by Crippen LogP contribution is 2.29. The second-order valence-corrected chi connectivity index (χ2v) is 5.30. The SMILES string of the molecule is CNCCC(c1cccnc1)n1nc(Cl)c2ccccc21. The van der Waals surface area contributed by atoms with Gasteiger partial charge in [0, 0.05) is 17.8 Å². The number of hydrogen-bond acceptors (Lipinski definition) is 3. The van der Waals surface area contributed by atoms with Crippen LogP contribution in [0.1, 0.15) is 18.0 Å². The highest BCUT2D eigenvalue weighted by Gasteiger charge is 2.18. The van der Waals surface area contributed by atoms with Crippen molar-refractivity contribution in [2.75, 3.05) is 13.6 Å². The number of fused-ring (bicyclic) bond motifs is 1. The Morgan fingerprint density at radius 3 is 2.86 bits per heavy atom. The van der Waals surface area contributed by atoms with Gasteiger partial charge in [-0.05, 0) is 43.8 Å². The summed E-state index contributed by atoms with van der Waals surface area (Å²) in [4.78, 5) is 4.23. The number of halogens is 1. The summed E-state index contributed by atoms with van der Waals surface area (Å²) in [6, 6.07) is 12.2. The monoisotopic (exact) mass is 300 g/mol. The molecule has 3 aromatic rings. The van der Waals surface area contributed by atoms with Crippen LogP contribution in [0.4, 0.5) is 0 Å². The minimum Gasteiger partial charge on any atom is -0.320 e. The maximum atomic E-state index is 6.28. The van der Waals surface area contributed by atoms with Crippen molar-refractivity contribution in [1.82, 2.24) is 20.1 Å². The fourth-order valence-electron chi connectivity index (χ4n) is 2.57. The molecule has 0 saturated heterocycles. The van der Waals surface area contributed by atoms with Gasteiger partial charge in [0.15, 0.2) is 5.15 Å². The molecule has 0 aliphatic rings. The lowest BCUT2D eigenvalue weighted by Gasteiger charge is -2.18. The number of aromatic nitrogens is 3. The summed E-state index contributed by atoms with van der Waals surface area (Å²) in [5.74, 6) is 0. The van der Waals surface area contributed by atoms with Gasteiger partial charge in [-0.1, -0.05) is 29.8 Å². The average molecular weight is 301 g/mol. The molecular weight excluding hydrogens is 284 g/mol. The van der Waals surface area contributed by atoms with E-state index in [1.807, 2.05) is 42.2 Å². The molecule has 0 bridgehead atoms. The van der Waals surface area contributed by atoms with Crippen LogP contribution in [0.5, 0.6) is 0 Å². The van der Waals surface area contributed by atoms with Crippen molar-refractivity contribution < 1.29 is 0 Å². The smallest absolute Gasteiger partial charge is 0.158 e. The van der Waals surface area contributed by atoms with Gasteiger partial charge in [-0.15, -0.1) is 0 Å². The summed E-state index contributed by atoms with van der Waals surface area (Å²) >= 11 is 6.28. The van der Waals surface area contributed by atoms with E-state index in [4.69, 9.17) is 11.6 Å². The Hall–Kier alpha value is -1.91. The van der Waals surface area contributed by atoms with Crippen molar-refractivity contribution in [2.24, 2.45) is 0 Å². The van der Waals surface area contributed by atoms with E-state index in [-0.39, 0.29) is 6.04 Å². The van der Waals surface area contributed by atoms with Gasteiger partial charge in [0.25, 0.3) is 0 Å². The maximum Gasteiger partial charge on any atom is 0.158 e. The van der Waals surface area contributed by atoms with Gasteiger partial charge in [-0.25, -0.2) is 0 Å². The van der Waals surface area contributed by atoms with E-state index < -0.39 is 0 Å². The van der Waals surface area contributed by atoms with E-state index in [9.17, 15) is 0 Å². The summed E-state index contributed by atoms with van der Waals surface area (Å²) < 4.78 is 2.01. The third-order valence-electron chi connectivity index (χ3n) is 3.60. The molecule has 0 aliphatic heterocycles. The lowest BCUT2D eigenvalue weighted by Crippen LogP contribution is -2.18. The average Bonchev–Trinajstić information content (AvgIpc) is 2.87. The second-order valence-electron chi connectivity index (χ2n) is 4.95. The quantitative estimate of drug-likeness (QED) is 0.786. The Morgan fingerprint density at radius 2 is 2.10 bits per heavy atom. The molecule has 1 unspecified atom stereocenters. The number of para-hydroxylation sites is 1. The fraction of sp³-hybridized carbons (Fsp3) is 0.250. The molecule has 108 valence electrons. The van der Waals surface area contributed by atoms with Gasteiger partial charge in [-0.2, -0.15) is 5.10 Å². The number of rotatable bonds is 5. The van der Waals surface area contributed by atoms with Crippen LogP contribution >= 0.6 is 11.6 Å². The molecule has 0 saturated carbocycles. The van der Waals surface area contributed by atoms with Crippen molar-refractivity contribution in [3.05, 3.63) is 59.5 Å². The zero-order valence-electron chi connectivity index (χ0n) is 11.8. The Morgan fingerprint density at radius 1 is 1.24 bits per heavy atom. The fourth-order valence-corrected chi connectivity index (χ4v) is 2.81. The number of pyridine rings is 1. The van der Waals surface area contributed by atoms with E-state index in [0.717, 1.165) is 29.4 Å². The summed E-state index contributed by atoms with van der Waals surface area (Å²) in [7, 11) is 1.95. The highest BCUT2D eigenvalue weighted by molar-refractivity contribution is 6.34. The number of hydrogen-bond donors (Lipinski definition) is 1. The molecule has 0 fully saturated rings. The molecule has 2 heterocycles. The second kappa shape index (κ2) is 6.24. The summed E-state index contributed by atoms with van der Waals surface area (Å²) in [5.41, 5.74) is 2.19. The zero-order valence-corrected chi connectivity index (χ0v) is 12.6. The van der Waals surface area contributed by atoms with Crippen LogP contribution in [0.3, 0.4) is 0 Å². The molecular formula is C16H17ClN4. The van der Waals surface area contributed by atoms with Crippen LogP contribution < -0.4 is 5.32 Å². The van der Waals surface area contributed by atoms with E-state index >= 15 is 0 Å². The van der Waals surface area contributed by atoms with Crippen LogP contribution in [0.2, 0.25) is 5.15 Å². The zero-order chi connectivity index (χ0) is 14.7. The van der Waals surface area contributed by atoms with Crippen LogP contribution in [0, 0.1) is 0 Å². The van der Waals surface area contributed by atoms with E-state index in [1.165, 1.54) is 0 Å². The van der Waals surface area contributed by atoms with Gasteiger partial charge in [0.05, 0.1) is 11.6 Å². The van der Waals surface area contributed by atoms with Crippen LogP contribution in [0.25, 0.3) is 10.9 Å². The molecule has 5 heteroatoms. The van der Waals surface area contributed by atoms with Crippen molar-refractivity contribution in [1.29, 1.82) is 0 Å². The first-order valence-corrected chi connectivity index (χ1v) is 7.36. The molecule has 4 nitrogen and oxygen atoms in total. The molecule has 1 aromatic carbocycles. The highest BCUT2D eigenvalue weighted by atomic mass is 35.5. The maximum absolute atomic E-state index is 6.28. The Bertz CT molecular complexity index is 723. The molecule has 1 atom stereocenters. The van der Waals surface area contributed by atoms with Crippen LogP contribution in [0.15, 0.2) is 48.8 Å². The minimum atomic E-state index is 0.114. The van der Waals surface area contributed by atoms with Gasteiger partial charge in [0.1, 0.15) is 0 Å². The summed E-state index contributed by atoms with van der Waals surface area (Å²) in [5, 5.41) is 9.27. The van der Waals surface area contributed by atoms with E-state index in [2.05, 4.69) is 27.5 Å². The standard InChI is InChI=1S/C16H17ClN4/c1-18-10-8-14(12-5-4-9-19-11-12)21-15-7-3-2-6-13(15)16(17)20-21/h2-7,9,11,14,18H,8,10H2,1H3. The molecule has 3 rings (SSSR count). The number of nitrogens with zero attached hydrogens (tertiary/aromatic N) is 3. The van der Waals surface area contributed by atoms with Crippen LogP contribution in [-0.4, -0.2) is 28.4 Å². The largest absolute Gasteiger partial charge is 0.320 e. The predicted molar refractivity (Wildman–Crippen MR) is 85.7 cm³/mol. The van der Waals surface area contributed by atoms with Crippen LogP contribution in [-0.2, 0) is 0 Å². The molecule has 2 aromatic heterocycles. The Labute approximate surface area is 128 Å². The Balaban J connectivity index is 2.10. The number of nitrogens with one attached hydrogen (secondary N) is 1.